The fraction of sp³-hybridized carbons (Fsp3) is 0.333. The van der Waals surface area contributed by atoms with Crippen molar-refractivity contribution in [1.29, 1.82) is 0 Å². The van der Waals surface area contributed by atoms with Crippen LogP contribution in [-0.2, 0) is 19.0 Å². The summed E-state index contributed by atoms with van der Waals surface area (Å²) in [5, 5.41) is 0.933. The summed E-state index contributed by atoms with van der Waals surface area (Å²) < 4.78 is 41.7. The number of aromatic nitrogens is 1. The van der Waals surface area contributed by atoms with E-state index >= 15 is 0 Å². The van der Waals surface area contributed by atoms with Crippen molar-refractivity contribution in [2.24, 2.45) is 0 Å². The Hall–Kier alpha value is -2.23. The molecule has 0 aliphatic carbocycles. The second-order valence-electron chi connectivity index (χ2n) is 6.33. The Balaban J connectivity index is 2.37. The van der Waals surface area contributed by atoms with Crippen molar-refractivity contribution in [2.45, 2.75) is 45.7 Å². The van der Waals surface area contributed by atoms with Crippen molar-refractivity contribution in [1.82, 2.24) is 4.57 Å². The molecule has 4 heteroatoms. The lowest BCUT2D eigenvalue weighted by Crippen LogP contribution is -2.05. The first kappa shape index (κ1) is 17.6. The van der Waals surface area contributed by atoms with Crippen LogP contribution in [0.4, 0.5) is 13.2 Å². The van der Waals surface area contributed by atoms with Crippen LogP contribution in [-0.4, -0.2) is 4.57 Å². The molecule has 0 unspecified atom stereocenters. The second-order valence-corrected chi connectivity index (χ2v) is 6.33. The third-order valence-electron chi connectivity index (χ3n) is 4.51. The molecule has 132 valence electrons. The standard InChI is InChI=1S/C21H22F3N/c1-3-8-17-18-13-12-15(21(22,23)24)14-20(18)25(19(17)9-4-2)16-10-6-5-7-11-16/h5-7,10-14H,3-4,8-9H2,1-2H3. The largest absolute Gasteiger partial charge is 0.416 e. The van der Waals surface area contributed by atoms with E-state index in [4.69, 9.17) is 0 Å². The number of alkyl halides is 3. The summed E-state index contributed by atoms with van der Waals surface area (Å²) in [4.78, 5) is 0. The fourth-order valence-corrected chi connectivity index (χ4v) is 3.48. The molecule has 0 N–H and O–H groups in total. The molecule has 1 heterocycles. The molecule has 0 saturated heterocycles. The summed E-state index contributed by atoms with van der Waals surface area (Å²) in [7, 11) is 0. The highest BCUT2D eigenvalue weighted by Crippen LogP contribution is 2.36. The van der Waals surface area contributed by atoms with Gasteiger partial charge in [-0.1, -0.05) is 51.0 Å². The molecular formula is C21H22F3N. The number of hydrogen-bond donors (Lipinski definition) is 0. The van der Waals surface area contributed by atoms with Crippen LogP contribution in [0.3, 0.4) is 0 Å². The molecule has 0 fully saturated rings. The van der Waals surface area contributed by atoms with Gasteiger partial charge in [0.1, 0.15) is 0 Å². The van der Waals surface area contributed by atoms with Gasteiger partial charge in [0.2, 0.25) is 0 Å². The molecule has 3 rings (SSSR count). The van der Waals surface area contributed by atoms with E-state index in [1.54, 1.807) is 6.07 Å². The molecule has 2 aromatic carbocycles. The maximum absolute atomic E-state index is 13.2. The maximum Gasteiger partial charge on any atom is 0.416 e. The van der Waals surface area contributed by atoms with E-state index in [0.29, 0.717) is 5.52 Å². The highest BCUT2D eigenvalue weighted by molar-refractivity contribution is 5.88. The Morgan fingerprint density at radius 1 is 0.880 bits per heavy atom. The predicted molar refractivity (Wildman–Crippen MR) is 96.3 cm³/mol. The van der Waals surface area contributed by atoms with Gasteiger partial charge in [-0.25, -0.2) is 0 Å². The minimum atomic E-state index is -4.34. The third kappa shape index (κ3) is 3.30. The topological polar surface area (TPSA) is 4.93 Å². The van der Waals surface area contributed by atoms with Crippen molar-refractivity contribution in [3.05, 3.63) is 65.4 Å². The van der Waals surface area contributed by atoms with Crippen molar-refractivity contribution in [3.8, 4) is 5.69 Å². The van der Waals surface area contributed by atoms with Gasteiger partial charge >= 0.3 is 6.18 Å². The van der Waals surface area contributed by atoms with Gasteiger partial charge in [-0.05, 0) is 42.7 Å². The van der Waals surface area contributed by atoms with Gasteiger partial charge in [-0.2, -0.15) is 13.2 Å². The Bertz CT molecular complexity index is 860. The van der Waals surface area contributed by atoms with Crippen LogP contribution in [0.2, 0.25) is 0 Å². The minimum absolute atomic E-state index is 0.597. The van der Waals surface area contributed by atoms with E-state index in [2.05, 4.69) is 13.8 Å². The van der Waals surface area contributed by atoms with Gasteiger partial charge in [-0.15, -0.1) is 0 Å². The Morgan fingerprint density at radius 2 is 1.56 bits per heavy atom. The molecule has 0 saturated carbocycles. The van der Waals surface area contributed by atoms with E-state index in [1.807, 2.05) is 34.9 Å². The first-order chi connectivity index (χ1) is 12.0. The lowest BCUT2D eigenvalue weighted by molar-refractivity contribution is -0.137. The second kappa shape index (κ2) is 6.95. The number of aryl methyl sites for hydroxylation is 1. The molecule has 0 aliphatic rings. The van der Waals surface area contributed by atoms with Gasteiger partial charge in [-0.3, -0.25) is 0 Å². The van der Waals surface area contributed by atoms with Crippen LogP contribution >= 0.6 is 0 Å². The van der Waals surface area contributed by atoms with Crippen molar-refractivity contribution >= 4 is 10.9 Å². The van der Waals surface area contributed by atoms with Gasteiger partial charge in [0.05, 0.1) is 11.1 Å². The lowest BCUT2D eigenvalue weighted by Gasteiger charge is -2.12. The average molecular weight is 345 g/mol. The molecule has 1 aromatic heterocycles. The third-order valence-corrected chi connectivity index (χ3v) is 4.51. The molecule has 0 amide bonds. The first-order valence-corrected chi connectivity index (χ1v) is 8.76. The molecular weight excluding hydrogens is 323 g/mol. The monoisotopic (exact) mass is 345 g/mol. The van der Waals surface area contributed by atoms with Crippen LogP contribution < -0.4 is 0 Å². The molecule has 3 aromatic rings. The highest BCUT2D eigenvalue weighted by atomic mass is 19.4. The van der Waals surface area contributed by atoms with Crippen LogP contribution in [0.25, 0.3) is 16.6 Å². The molecule has 0 aliphatic heterocycles. The van der Waals surface area contributed by atoms with Gasteiger partial charge < -0.3 is 4.57 Å². The number of benzene rings is 2. The maximum atomic E-state index is 13.2. The van der Waals surface area contributed by atoms with E-state index in [-0.39, 0.29) is 0 Å². The van der Waals surface area contributed by atoms with Gasteiger partial charge in [0.25, 0.3) is 0 Å². The van der Waals surface area contributed by atoms with Crippen LogP contribution in [0.1, 0.15) is 43.5 Å². The zero-order valence-electron chi connectivity index (χ0n) is 14.5. The van der Waals surface area contributed by atoms with Crippen LogP contribution in [0, 0.1) is 0 Å². The summed E-state index contributed by atoms with van der Waals surface area (Å²) in [6.07, 6.45) is -0.704. The zero-order valence-corrected chi connectivity index (χ0v) is 14.5. The van der Waals surface area contributed by atoms with Crippen LogP contribution in [0.5, 0.6) is 0 Å². The normalized spacial score (nSPS) is 12.0. The summed E-state index contributed by atoms with van der Waals surface area (Å²) in [5.74, 6) is 0. The molecule has 25 heavy (non-hydrogen) atoms. The number of hydrogen-bond acceptors (Lipinski definition) is 0. The Morgan fingerprint density at radius 3 is 2.16 bits per heavy atom. The Kier molecular flexibility index (Phi) is 4.89. The minimum Gasteiger partial charge on any atom is -0.313 e. The van der Waals surface area contributed by atoms with Gasteiger partial charge in [0, 0.05) is 16.8 Å². The first-order valence-electron chi connectivity index (χ1n) is 8.76. The summed E-state index contributed by atoms with van der Waals surface area (Å²) >= 11 is 0. The molecule has 0 atom stereocenters. The summed E-state index contributed by atoms with van der Waals surface area (Å²) in [6.45, 7) is 4.20. The van der Waals surface area contributed by atoms with E-state index < -0.39 is 11.7 Å². The summed E-state index contributed by atoms with van der Waals surface area (Å²) in [6, 6.07) is 13.8. The zero-order chi connectivity index (χ0) is 18.0. The smallest absolute Gasteiger partial charge is 0.313 e. The molecule has 0 bridgehead atoms. The summed E-state index contributed by atoms with van der Waals surface area (Å²) in [5.41, 5.74) is 3.27. The molecule has 0 radical (unpaired) electrons. The Labute approximate surface area is 146 Å². The number of rotatable bonds is 5. The SMILES string of the molecule is CCCc1c(CCC)n(-c2ccccc2)c2cc(C(F)(F)F)ccc12. The lowest BCUT2D eigenvalue weighted by atomic mass is 10.0. The van der Waals surface area contributed by atoms with E-state index in [0.717, 1.165) is 42.5 Å². The molecule has 0 spiro atoms. The predicted octanol–water partition coefficient (Wildman–Crippen LogP) is 6.55. The quantitative estimate of drug-likeness (QED) is 0.494. The van der Waals surface area contributed by atoms with Crippen molar-refractivity contribution in [3.63, 3.8) is 0 Å². The number of halogens is 3. The van der Waals surface area contributed by atoms with Crippen molar-refractivity contribution in [2.75, 3.05) is 0 Å². The van der Waals surface area contributed by atoms with Gasteiger partial charge in [0.15, 0.2) is 0 Å². The number of nitrogens with zero attached hydrogens (tertiary/aromatic N) is 1. The number of fused-ring (bicyclic) bond motifs is 1. The average Bonchev–Trinajstić information content (AvgIpc) is 2.89. The highest BCUT2D eigenvalue weighted by Gasteiger charge is 2.31. The van der Waals surface area contributed by atoms with Crippen LogP contribution in [0.15, 0.2) is 48.5 Å². The van der Waals surface area contributed by atoms with Crippen molar-refractivity contribution < 1.29 is 13.2 Å². The molecule has 1 nitrogen and oxygen atoms in total. The fourth-order valence-electron chi connectivity index (χ4n) is 3.48. The number of para-hydroxylation sites is 1. The van der Waals surface area contributed by atoms with E-state index in [9.17, 15) is 13.2 Å². The van der Waals surface area contributed by atoms with E-state index in [1.165, 1.54) is 17.7 Å².